The van der Waals surface area contributed by atoms with Crippen molar-refractivity contribution in [3.63, 3.8) is 0 Å². The molecule has 4 heteroatoms. The average Bonchev–Trinajstić information content (AvgIpc) is 2.99. The molecule has 0 unspecified atom stereocenters. The van der Waals surface area contributed by atoms with Gasteiger partial charge in [-0.1, -0.05) is 57.2 Å². The van der Waals surface area contributed by atoms with Crippen LogP contribution in [-0.2, 0) is 12.0 Å². The zero-order chi connectivity index (χ0) is 17.2. The number of rotatable bonds is 4. The quantitative estimate of drug-likeness (QED) is 0.741. The topological polar surface area (TPSA) is 63.9 Å². The van der Waals surface area contributed by atoms with E-state index in [1.165, 1.54) is 5.56 Å². The minimum absolute atomic E-state index is 0.0538. The van der Waals surface area contributed by atoms with Crippen molar-refractivity contribution < 1.29 is 4.74 Å². The molecule has 0 saturated heterocycles. The molecule has 124 valence electrons. The first-order chi connectivity index (χ1) is 11.4. The monoisotopic (exact) mass is 321 g/mol. The zero-order valence-electron chi connectivity index (χ0n) is 14.3. The highest BCUT2D eigenvalue weighted by Gasteiger charge is 2.18. The van der Waals surface area contributed by atoms with Crippen molar-refractivity contribution in [2.24, 2.45) is 0 Å². The van der Waals surface area contributed by atoms with E-state index in [2.05, 4.69) is 55.2 Å². The van der Waals surface area contributed by atoms with E-state index in [0.717, 1.165) is 22.6 Å². The van der Waals surface area contributed by atoms with Crippen LogP contribution in [0.5, 0.6) is 5.75 Å². The van der Waals surface area contributed by atoms with Crippen molar-refractivity contribution in [3.05, 3.63) is 65.7 Å². The maximum atomic E-state index is 6.07. The fraction of sp³-hybridized carbons (Fsp3) is 0.250. The highest BCUT2D eigenvalue weighted by Crippen LogP contribution is 2.34. The van der Waals surface area contributed by atoms with Crippen molar-refractivity contribution in [3.8, 4) is 17.0 Å². The first kappa shape index (κ1) is 16.1. The van der Waals surface area contributed by atoms with Crippen molar-refractivity contribution in [1.82, 2.24) is 10.2 Å². The van der Waals surface area contributed by atoms with Gasteiger partial charge in [0.05, 0.1) is 5.69 Å². The number of nitrogens with two attached hydrogens (primary N) is 1. The van der Waals surface area contributed by atoms with Crippen LogP contribution in [0.25, 0.3) is 11.3 Å². The van der Waals surface area contributed by atoms with Gasteiger partial charge in [-0.2, -0.15) is 5.10 Å². The first-order valence-electron chi connectivity index (χ1n) is 8.06. The van der Waals surface area contributed by atoms with E-state index in [-0.39, 0.29) is 5.41 Å². The van der Waals surface area contributed by atoms with Crippen molar-refractivity contribution in [1.29, 1.82) is 0 Å². The second-order valence-corrected chi connectivity index (χ2v) is 6.94. The molecule has 0 amide bonds. The number of aromatic amines is 1. The summed E-state index contributed by atoms with van der Waals surface area (Å²) < 4.78 is 6.07. The Balaban J connectivity index is 1.95. The molecule has 24 heavy (non-hydrogen) atoms. The normalized spacial score (nSPS) is 11.5. The van der Waals surface area contributed by atoms with Gasteiger partial charge in [0.1, 0.15) is 18.2 Å². The van der Waals surface area contributed by atoms with Crippen molar-refractivity contribution >= 4 is 5.82 Å². The molecule has 1 heterocycles. The second-order valence-electron chi connectivity index (χ2n) is 6.94. The maximum Gasteiger partial charge on any atom is 0.145 e. The van der Waals surface area contributed by atoms with E-state index >= 15 is 0 Å². The minimum atomic E-state index is 0.0538. The largest absolute Gasteiger partial charge is 0.488 e. The maximum absolute atomic E-state index is 6.07. The second kappa shape index (κ2) is 6.40. The molecule has 0 radical (unpaired) electrons. The average molecular weight is 321 g/mol. The zero-order valence-corrected chi connectivity index (χ0v) is 14.3. The Hall–Kier alpha value is -2.75. The van der Waals surface area contributed by atoms with Crippen LogP contribution < -0.4 is 10.5 Å². The molecular formula is C20H23N3O. The Kier molecular flexibility index (Phi) is 4.30. The smallest absolute Gasteiger partial charge is 0.145 e. The molecule has 2 aromatic carbocycles. The van der Waals surface area contributed by atoms with E-state index in [1.54, 1.807) is 0 Å². The number of aromatic nitrogens is 2. The number of benzene rings is 2. The molecule has 0 fully saturated rings. The van der Waals surface area contributed by atoms with Crippen molar-refractivity contribution in [2.45, 2.75) is 32.8 Å². The Morgan fingerprint density at radius 1 is 1.04 bits per heavy atom. The predicted molar refractivity (Wildman–Crippen MR) is 97.9 cm³/mol. The molecule has 3 aromatic rings. The summed E-state index contributed by atoms with van der Waals surface area (Å²) in [5.41, 5.74) is 10.0. The Morgan fingerprint density at radius 3 is 2.42 bits per heavy atom. The molecule has 3 N–H and O–H groups in total. The highest BCUT2D eigenvalue weighted by atomic mass is 16.5. The summed E-state index contributed by atoms with van der Waals surface area (Å²) in [5.74, 6) is 1.29. The summed E-state index contributed by atoms with van der Waals surface area (Å²) in [4.78, 5) is 0. The van der Waals surface area contributed by atoms with Gasteiger partial charge < -0.3 is 10.5 Å². The number of ether oxygens (including phenoxy) is 1. The fourth-order valence-corrected chi connectivity index (χ4v) is 2.54. The third-order valence-electron chi connectivity index (χ3n) is 3.97. The van der Waals surface area contributed by atoms with Gasteiger partial charge in [-0.3, -0.25) is 5.10 Å². The van der Waals surface area contributed by atoms with Gasteiger partial charge in [-0.15, -0.1) is 0 Å². The third kappa shape index (κ3) is 3.59. The molecule has 0 saturated carbocycles. The van der Waals surface area contributed by atoms with E-state index in [1.807, 2.05) is 30.3 Å². The van der Waals surface area contributed by atoms with Gasteiger partial charge >= 0.3 is 0 Å². The highest BCUT2D eigenvalue weighted by molar-refractivity contribution is 5.70. The number of anilines is 1. The molecule has 0 aliphatic heterocycles. The van der Waals surface area contributed by atoms with E-state index < -0.39 is 0 Å². The van der Waals surface area contributed by atoms with Crippen LogP contribution in [0.4, 0.5) is 5.82 Å². The van der Waals surface area contributed by atoms with Crippen LogP contribution in [0, 0.1) is 0 Å². The predicted octanol–water partition coefficient (Wildman–Crippen LogP) is 4.54. The number of nitrogens with one attached hydrogen (secondary N) is 1. The number of hydrogen-bond donors (Lipinski definition) is 2. The van der Waals surface area contributed by atoms with Crippen molar-refractivity contribution in [2.75, 3.05) is 5.73 Å². The SMILES string of the molecule is CC(C)(C)c1ccc(OCc2ccccc2)c(-c2cc(N)n[nH]2)c1. The molecule has 0 bridgehead atoms. The summed E-state index contributed by atoms with van der Waals surface area (Å²) in [6, 6.07) is 18.2. The summed E-state index contributed by atoms with van der Waals surface area (Å²) in [6.45, 7) is 7.10. The number of hydrogen-bond acceptors (Lipinski definition) is 3. The van der Waals surface area contributed by atoms with Crippen LogP contribution in [0.2, 0.25) is 0 Å². The lowest BCUT2D eigenvalue weighted by atomic mass is 9.85. The summed E-state index contributed by atoms with van der Waals surface area (Å²) in [5, 5.41) is 7.03. The van der Waals surface area contributed by atoms with Crippen LogP contribution in [-0.4, -0.2) is 10.2 Å². The standard InChI is InChI=1S/C20H23N3O/c1-20(2,3)15-9-10-18(24-13-14-7-5-4-6-8-14)16(11-15)17-12-19(21)23-22-17/h4-12H,13H2,1-3H3,(H3,21,22,23). The van der Waals surface area contributed by atoms with E-state index in [9.17, 15) is 0 Å². The minimum Gasteiger partial charge on any atom is -0.488 e. The lowest BCUT2D eigenvalue weighted by Crippen LogP contribution is -2.11. The van der Waals surface area contributed by atoms with Crippen LogP contribution in [0.3, 0.4) is 0 Å². The molecule has 4 nitrogen and oxygen atoms in total. The molecule has 0 atom stereocenters. The van der Waals surface area contributed by atoms with Crippen LogP contribution >= 0.6 is 0 Å². The molecule has 0 aliphatic carbocycles. The Morgan fingerprint density at radius 2 is 1.79 bits per heavy atom. The van der Waals surface area contributed by atoms with Crippen LogP contribution in [0.15, 0.2) is 54.6 Å². The lowest BCUT2D eigenvalue weighted by molar-refractivity contribution is 0.307. The fourth-order valence-electron chi connectivity index (χ4n) is 2.54. The van der Waals surface area contributed by atoms with Crippen LogP contribution in [0.1, 0.15) is 31.9 Å². The van der Waals surface area contributed by atoms with Gasteiger partial charge in [0.15, 0.2) is 0 Å². The first-order valence-corrected chi connectivity index (χ1v) is 8.06. The summed E-state index contributed by atoms with van der Waals surface area (Å²) in [6.07, 6.45) is 0. The third-order valence-corrected chi connectivity index (χ3v) is 3.97. The Labute approximate surface area is 142 Å². The van der Waals surface area contributed by atoms with Gasteiger partial charge in [0.25, 0.3) is 0 Å². The molecule has 0 spiro atoms. The summed E-state index contributed by atoms with van der Waals surface area (Å²) >= 11 is 0. The molecule has 0 aliphatic rings. The van der Waals surface area contributed by atoms with E-state index in [4.69, 9.17) is 10.5 Å². The van der Waals surface area contributed by atoms with Gasteiger partial charge in [-0.05, 0) is 28.7 Å². The molecule has 1 aromatic heterocycles. The van der Waals surface area contributed by atoms with Gasteiger partial charge in [0, 0.05) is 11.6 Å². The molecular weight excluding hydrogens is 298 g/mol. The van der Waals surface area contributed by atoms with Gasteiger partial charge in [-0.25, -0.2) is 0 Å². The number of H-pyrrole nitrogens is 1. The van der Waals surface area contributed by atoms with E-state index in [0.29, 0.717) is 12.4 Å². The lowest BCUT2D eigenvalue weighted by Gasteiger charge is -2.21. The number of nitrogens with zero attached hydrogens (tertiary/aromatic N) is 1. The summed E-state index contributed by atoms with van der Waals surface area (Å²) in [7, 11) is 0. The number of nitrogen functional groups attached to an aromatic ring is 1. The van der Waals surface area contributed by atoms with Gasteiger partial charge in [0.2, 0.25) is 0 Å². The molecule has 3 rings (SSSR count). The Bertz CT molecular complexity index is 816.